The van der Waals surface area contributed by atoms with Gasteiger partial charge in [-0.05, 0) is 98.5 Å². The molecule has 2 aliphatic rings. The van der Waals surface area contributed by atoms with Gasteiger partial charge in [0, 0.05) is 45.7 Å². The number of rotatable bonds is 11. The second-order valence-corrected chi connectivity index (χ2v) is 13.9. The fourth-order valence-corrected chi connectivity index (χ4v) is 7.44. The highest BCUT2D eigenvalue weighted by atomic mass is 19.1. The highest BCUT2D eigenvalue weighted by Gasteiger charge is 2.48. The van der Waals surface area contributed by atoms with E-state index < -0.39 is 10.8 Å². The molecule has 262 valence electrons. The number of nitrogens with two attached hydrogens (primary N) is 2. The monoisotopic (exact) mass is 696 g/mol. The van der Waals surface area contributed by atoms with Gasteiger partial charge in [0.1, 0.15) is 11.6 Å². The van der Waals surface area contributed by atoms with Crippen LogP contribution in [-0.2, 0) is 10.8 Å². The Morgan fingerprint density at radius 1 is 0.538 bits per heavy atom. The number of nitrogens with zero attached hydrogens (tertiary/aromatic N) is 8. The maximum absolute atomic E-state index is 15.6. The van der Waals surface area contributed by atoms with E-state index in [1.165, 1.54) is 12.1 Å². The Labute approximate surface area is 300 Å². The van der Waals surface area contributed by atoms with Crippen LogP contribution in [0.25, 0.3) is 22.5 Å². The van der Waals surface area contributed by atoms with E-state index in [2.05, 4.69) is 20.2 Å². The molecule has 0 spiro atoms. The second-order valence-electron chi connectivity index (χ2n) is 13.9. The third-order valence-corrected chi connectivity index (χ3v) is 10.6. The summed E-state index contributed by atoms with van der Waals surface area (Å²) in [5.74, 6) is 0.321. The molecule has 0 radical (unpaired) electrons. The van der Waals surface area contributed by atoms with Gasteiger partial charge >= 0.3 is 0 Å². The van der Waals surface area contributed by atoms with Crippen molar-refractivity contribution >= 4 is 23.0 Å². The highest BCUT2D eigenvalue weighted by Crippen LogP contribution is 2.48. The summed E-state index contributed by atoms with van der Waals surface area (Å²) in [7, 11) is 0. The molecular weight excluding hydrogens is 659 g/mol. The average molecular weight is 697 g/mol. The summed E-state index contributed by atoms with van der Waals surface area (Å²) in [4.78, 5) is 9.12. The molecule has 2 saturated carbocycles. The summed E-state index contributed by atoms with van der Waals surface area (Å²) in [6.45, 7) is 0.631. The molecule has 6 aromatic rings. The molecule has 0 bridgehead atoms. The lowest BCUT2D eigenvalue weighted by atomic mass is 9.65. The van der Waals surface area contributed by atoms with Crippen LogP contribution in [0.15, 0.2) is 109 Å². The molecule has 8 rings (SSSR count). The van der Waals surface area contributed by atoms with Crippen LogP contribution in [0, 0.1) is 11.6 Å². The van der Waals surface area contributed by atoms with Crippen LogP contribution in [-0.4, -0.2) is 43.5 Å². The van der Waals surface area contributed by atoms with Crippen molar-refractivity contribution in [3.63, 3.8) is 0 Å². The number of halogens is 2. The van der Waals surface area contributed by atoms with Gasteiger partial charge in [0.05, 0.1) is 35.9 Å². The number of hydrazine groups is 1. The van der Waals surface area contributed by atoms with E-state index in [0.717, 1.165) is 49.7 Å². The number of aromatic nitrogens is 6. The van der Waals surface area contributed by atoms with E-state index in [0.29, 0.717) is 58.9 Å². The highest BCUT2D eigenvalue weighted by molar-refractivity contribution is 5.66. The maximum atomic E-state index is 15.6. The lowest BCUT2D eigenvalue weighted by Crippen LogP contribution is -2.58. The molecule has 52 heavy (non-hydrogen) atoms. The van der Waals surface area contributed by atoms with Gasteiger partial charge in [0.2, 0.25) is 0 Å². The van der Waals surface area contributed by atoms with Crippen molar-refractivity contribution < 1.29 is 8.78 Å². The number of hydrogen-bond donors (Lipinski definition) is 2. The lowest BCUT2D eigenvalue weighted by Gasteiger charge is -2.51. The molecule has 0 aliphatic heterocycles. The molecule has 0 atom stereocenters. The van der Waals surface area contributed by atoms with Crippen molar-refractivity contribution in [1.82, 2.24) is 30.4 Å². The lowest BCUT2D eigenvalue weighted by molar-refractivity contribution is 0.211. The van der Waals surface area contributed by atoms with E-state index in [9.17, 15) is 0 Å². The van der Waals surface area contributed by atoms with Gasteiger partial charge in [-0.15, -0.1) is 20.4 Å². The number of nitrogen functional groups attached to an aromatic ring is 2. The zero-order valence-corrected chi connectivity index (χ0v) is 28.5. The Morgan fingerprint density at radius 3 is 1.48 bits per heavy atom. The first-order valence-corrected chi connectivity index (χ1v) is 17.5. The fourth-order valence-electron chi connectivity index (χ4n) is 7.44. The number of anilines is 4. The summed E-state index contributed by atoms with van der Waals surface area (Å²) in [6.07, 6.45) is 8.01. The Balaban J connectivity index is 1.26. The van der Waals surface area contributed by atoms with Crippen molar-refractivity contribution in [3.8, 4) is 22.5 Å². The van der Waals surface area contributed by atoms with Gasteiger partial charge in [-0.1, -0.05) is 37.1 Å². The normalized spacial score (nSPS) is 15.7. The average Bonchev–Trinajstić information content (AvgIpc) is 3.13. The molecule has 2 fully saturated rings. The van der Waals surface area contributed by atoms with E-state index in [1.54, 1.807) is 24.5 Å². The van der Waals surface area contributed by atoms with Crippen LogP contribution in [0.2, 0.25) is 0 Å². The smallest absolute Gasteiger partial charge is 0.169 e. The number of benzene rings is 2. The molecule has 0 saturated heterocycles. The first-order chi connectivity index (χ1) is 25.3. The molecule has 4 aromatic heterocycles. The zero-order valence-electron chi connectivity index (χ0n) is 28.5. The van der Waals surface area contributed by atoms with Crippen LogP contribution in [0.5, 0.6) is 0 Å². The summed E-state index contributed by atoms with van der Waals surface area (Å²) >= 11 is 0. The molecule has 2 aliphatic carbocycles. The Bertz CT molecular complexity index is 2170. The van der Waals surface area contributed by atoms with Crippen molar-refractivity contribution in [1.29, 1.82) is 0 Å². The second kappa shape index (κ2) is 13.6. The summed E-state index contributed by atoms with van der Waals surface area (Å²) in [5, 5.41) is 22.8. The summed E-state index contributed by atoms with van der Waals surface area (Å²) < 4.78 is 31.1. The minimum Gasteiger partial charge on any atom is -0.399 e. The van der Waals surface area contributed by atoms with Crippen LogP contribution in [0.1, 0.15) is 49.9 Å². The van der Waals surface area contributed by atoms with E-state index in [4.69, 9.17) is 21.7 Å². The molecule has 4 heterocycles. The van der Waals surface area contributed by atoms with Crippen LogP contribution in [0.4, 0.5) is 31.8 Å². The van der Waals surface area contributed by atoms with Crippen LogP contribution in [0.3, 0.4) is 0 Å². The maximum Gasteiger partial charge on any atom is 0.169 e. The fraction of sp³-hybridized carbons (Fsp3) is 0.250. The van der Waals surface area contributed by atoms with E-state index >= 15 is 8.78 Å². The van der Waals surface area contributed by atoms with Gasteiger partial charge in [0.15, 0.2) is 11.6 Å². The van der Waals surface area contributed by atoms with E-state index in [1.807, 2.05) is 82.8 Å². The largest absolute Gasteiger partial charge is 0.399 e. The molecule has 10 nitrogen and oxygen atoms in total. The molecule has 4 N–H and O–H groups in total. The van der Waals surface area contributed by atoms with Gasteiger partial charge in [-0.25, -0.2) is 8.78 Å². The van der Waals surface area contributed by atoms with Gasteiger partial charge in [0.25, 0.3) is 0 Å². The minimum atomic E-state index is -0.627. The third-order valence-electron chi connectivity index (χ3n) is 10.6. The molecule has 2 aromatic carbocycles. The van der Waals surface area contributed by atoms with Gasteiger partial charge in [-0.3, -0.25) is 20.0 Å². The minimum absolute atomic E-state index is 0.315. The molecule has 0 amide bonds. The third kappa shape index (κ3) is 6.25. The molecular formula is C40H38F2N10. The summed E-state index contributed by atoms with van der Waals surface area (Å²) in [6, 6.07) is 28.6. The predicted octanol–water partition coefficient (Wildman–Crippen LogP) is 7.31. The van der Waals surface area contributed by atoms with Crippen molar-refractivity contribution in [3.05, 3.63) is 132 Å². The SMILES string of the molecule is Nc1ccc(-c2ccc(N(CC3(c4ncccc4F)CCC3)N(CC3(c4ncccc4F)CCC3)c3ccc(-c4cccc(N)c4)nn3)nn2)cc1. The first kappa shape index (κ1) is 33.1. The van der Waals surface area contributed by atoms with Crippen LogP contribution >= 0.6 is 0 Å². The predicted molar refractivity (Wildman–Crippen MR) is 198 cm³/mol. The first-order valence-electron chi connectivity index (χ1n) is 17.5. The standard InChI is InChI=1S/C40H38F2N10/c41-31-8-2-22-45-37(31)39(18-4-19-39)25-51(35-16-14-33(47-49-35)27-10-12-29(43)13-11-27)52(26-40(20-5-21-40)38-32(42)9-3-23-46-38)36-17-15-34(48-50-36)28-6-1-7-30(44)24-28/h1-3,6-17,22-24H,4-5,18-21,25-26,43-44H2. The topological polar surface area (TPSA) is 136 Å². The quantitative estimate of drug-likeness (QED) is 0.105. The van der Waals surface area contributed by atoms with Crippen molar-refractivity contribution in [2.24, 2.45) is 0 Å². The van der Waals surface area contributed by atoms with Crippen LogP contribution < -0.4 is 21.5 Å². The zero-order chi connectivity index (χ0) is 35.7. The van der Waals surface area contributed by atoms with E-state index in [-0.39, 0.29) is 11.6 Å². The Kier molecular flexibility index (Phi) is 8.66. The van der Waals surface area contributed by atoms with Gasteiger partial charge < -0.3 is 11.5 Å². The van der Waals surface area contributed by atoms with Crippen molar-refractivity contribution in [2.75, 3.05) is 34.6 Å². The van der Waals surface area contributed by atoms with Crippen molar-refractivity contribution in [2.45, 2.75) is 49.4 Å². The Morgan fingerprint density at radius 2 is 1.06 bits per heavy atom. The number of hydrogen-bond acceptors (Lipinski definition) is 10. The Hall–Kier alpha value is -6.04. The number of pyridine rings is 2. The van der Waals surface area contributed by atoms with Gasteiger partial charge in [-0.2, -0.15) is 0 Å². The molecule has 12 heteroatoms. The summed E-state index contributed by atoms with van der Waals surface area (Å²) in [5.41, 5.74) is 15.9. The molecule has 0 unspecified atom stereocenters.